The summed E-state index contributed by atoms with van der Waals surface area (Å²) in [5.74, 6) is 0.158. The number of nitrogens with two attached hydrogens (primary N) is 1. The Morgan fingerprint density at radius 2 is 2.04 bits per heavy atom. The minimum Gasteiger partial charge on any atom is -0.383 e. The van der Waals surface area contributed by atoms with Crippen molar-refractivity contribution < 1.29 is 9.64 Å². The molecular weight excluding hydrogens is 380 g/mol. The molecule has 1 aliphatic rings. The van der Waals surface area contributed by atoms with Gasteiger partial charge in [0, 0.05) is 26.1 Å². The zero-order valence-electron chi connectivity index (χ0n) is 16.9. The number of thiocarbonyl (C=S) groups is 1. The molecule has 0 amide bonds. The van der Waals surface area contributed by atoms with Gasteiger partial charge in [-0.25, -0.2) is 4.79 Å². The van der Waals surface area contributed by atoms with Crippen LogP contribution in [0.1, 0.15) is 33.1 Å². The van der Waals surface area contributed by atoms with Gasteiger partial charge >= 0.3 is 5.69 Å². The summed E-state index contributed by atoms with van der Waals surface area (Å²) in [6.45, 7) is 10.3. The summed E-state index contributed by atoms with van der Waals surface area (Å²) in [6, 6.07) is 0. The third-order valence-electron chi connectivity index (χ3n) is 4.96. The lowest BCUT2D eigenvalue weighted by molar-refractivity contribution is -0.908. The number of morpholine rings is 1. The van der Waals surface area contributed by atoms with E-state index >= 15 is 0 Å². The Labute approximate surface area is 170 Å². The standard InChI is InChI=1S/C18H32N6O3S/c1-3-5-9-24-15(19)14(16(25)21-17(24)26)23(4-2)18(28)20-7-6-8-22-10-12-27-13-11-22/h3-13,19H2,1-2H3,(H,20,28)(H,21,25,26)/p+1. The highest BCUT2D eigenvalue weighted by Gasteiger charge is 2.21. The fourth-order valence-electron chi connectivity index (χ4n) is 3.32. The molecule has 5 N–H and O–H groups in total. The molecule has 1 saturated heterocycles. The third kappa shape index (κ3) is 5.79. The van der Waals surface area contributed by atoms with E-state index in [1.807, 2.05) is 13.8 Å². The largest absolute Gasteiger partial charge is 0.383 e. The number of aromatic amines is 1. The van der Waals surface area contributed by atoms with Gasteiger partial charge in [-0.2, -0.15) is 0 Å². The number of nitrogen functional groups attached to an aromatic ring is 1. The monoisotopic (exact) mass is 413 g/mol. The second kappa shape index (κ2) is 11.2. The van der Waals surface area contributed by atoms with Gasteiger partial charge in [0.2, 0.25) is 0 Å². The third-order valence-corrected chi connectivity index (χ3v) is 5.33. The molecule has 28 heavy (non-hydrogen) atoms. The smallest absolute Gasteiger partial charge is 0.330 e. The van der Waals surface area contributed by atoms with Crippen molar-refractivity contribution in [2.45, 2.75) is 39.7 Å². The van der Waals surface area contributed by atoms with E-state index in [0.717, 1.165) is 52.1 Å². The van der Waals surface area contributed by atoms with Crippen LogP contribution in [0, 0.1) is 0 Å². The summed E-state index contributed by atoms with van der Waals surface area (Å²) in [5.41, 5.74) is 5.42. The number of hydrogen-bond acceptors (Lipinski definition) is 5. The number of quaternary nitrogens is 1. The van der Waals surface area contributed by atoms with E-state index in [-0.39, 0.29) is 11.5 Å². The first-order chi connectivity index (χ1) is 13.5. The topological polar surface area (TPSA) is 110 Å². The minimum absolute atomic E-state index is 0.158. The van der Waals surface area contributed by atoms with Crippen LogP contribution in [0.4, 0.5) is 11.5 Å². The van der Waals surface area contributed by atoms with Crippen molar-refractivity contribution >= 4 is 28.8 Å². The Hall–Kier alpha value is -1.91. The van der Waals surface area contributed by atoms with Gasteiger partial charge in [-0.05, 0) is 25.6 Å². The first-order valence-corrected chi connectivity index (χ1v) is 10.5. The molecule has 2 heterocycles. The average Bonchev–Trinajstić information content (AvgIpc) is 2.69. The van der Waals surface area contributed by atoms with Gasteiger partial charge in [-0.1, -0.05) is 13.3 Å². The Balaban J connectivity index is 2.03. The number of hydrogen-bond donors (Lipinski definition) is 4. The van der Waals surface area contributed by atoms with E-state index in [4.69, 9.17) is 22.7 Å². The van der Waals surface area contributed by atoms with Gasteiger partial charge < -0.3 is 25.6 Å². The van der Waals surface area contributed by atoms with Crippen LogP contribution in [0.15, 0.2) is 9.59 Å². The molecule has 158 valence electrons. The van der Waals surface area contributed by atoms with E-state index < -0.39 is 11.2 Å². The van der Waals surface area contributed by atoms with Crippen LogP contribution >= 0.6 is 12.2 Å². The van der Waals surface area contributed by atoms with Crippen LogP contribution < -0.4 is 32.1 Å². The number of H-pyrrole nitrogens is 1. The number of ether oxygens (including phenoxy) is 1. The van der Waals surface area contributed by atoms with Crippen molar-refractivity contribution in [1.82, 2.24) is 14.9 Å². The maximum Gasteiger partial charge on any atom is 0.330 e. The Bertz CT molecular complexity index is 757. The Kier molecular flexibility index (Phi) is 8.94. The predicted octanol–water partition coefficient (Wildman–Crippen LogP) is -1.08. The summed E-state index contributed by atoms with van der Waals surface area (Å²) in [7, 11) is 0. The molecule has 2 rings (SSSR count). The molecule has 0 bridgehead atoms. The van der Waals surface area contributed by atoms with E-state index in [2.05, 4.69) is 10.3 Å². The number of rotatable bonds is 9. The van der Waals surface area contributed by atoms with Crippen LogP contribution in [0.25, 0.3) is 0 Å². The molecule has 0 saturated carbocycles. The van der Waals surface area contributed by atoms with Crippen LogP contribution in [-0.4, -0.2) is 60.6 Å². The van der Waals surface area contributed by atoms with Gasteiger partial charge in [0.05, 0.1) is 19.8 Å². The summed E-state index contributed by atoms with van der Waals surface area (Å²) >= 11 is 5.50. The molecular formula is C18H33N6O3S+. The first-order valence-electron chi connectivity index (χ1n) is 10.1. The second-order valence-corrected chi connectivity index (χ2v) is 7.33. The number of aromatic nitrogens is 2. The van der Waals surface area contributed by atoms with Crippen LogP contribution in [0.3, 0.4) is 0 Å². The maximum atomic E-state index is 12.4. The van der Waals surface area contributed by atoms with Crippen molar-refractivity contribution in [3.63, 3.8) is 0 Å². The lowest BCUT2D eigenvalue weighted by Crippen LogP contribution is -3.14. The molecule has 0 radical (unpaired) electrons. The molecule has 1 fully saturated rings. The van der Waals surface area contributed by atoms with Crippen molar-refractivity contribution in [2.24, 2.45) is 0 Å². The highest BCUT2D eigenvalue weighted by atomic mass is 32.1. The molecule has 0 aliphatic carbocycles. The summed E-state index contributed by atoms with van der Waals surface area (Å²) in [5, 5.41) is 3.66. The lowest BCUT2D eigenvalue weighted by atomic mass is 10.3. The summed E-state index contributed by atoms with van der Waals surface area (Å²) < 4.78 is 6.78. The van der Waals surface area contributed by atoms with Crippen LogP contribution in [-0.2, 0) is 11.3 Å². The van der Waals surface area contributed by atoms with Gasteiger partial charge in [-0.3, -0.25) is 14.3 Å². The van der Waals surface area contributed by atoms with Crippen LogP contribution in [0.5, 0.6) is 0 Å². The Morgan fingerprint density at radius 3 is 2.68 bits per heavy atom. The number of nitrogens with zero attached hydrogens (tertiary/aromatic N) is 2. The van der Waals surface area contributed by atoms with Crippen molar-refractivity contribution in [3.8, 4) is 0 Å². The molecule has 1 aromatic rings. The SMILES string of the molecule is CCCCn1c(N)c(N(CC)C(=S)NCCC[NH+]2CCOCC2)c(=O)[nH]c1=O. The Morgan fingerprint density at radius 1 is 1.32 bits per heavy atom. The zero-order valence-corrected chi connectivity index (χ0v) is 17.7. The van der Waals surface area contributed by atoms with Crippen molar-refractivity contribution in [1.29, 1.82) is 0 Å². The van der Waals surface area contributed by atoms with Crippen molar-refractivity contribution in [3.05, 3.63) is 20.8 Å². The normalized spacial score (nSPS) is 14.8. The summed E-state index contributed by atoms with van der Waals surface area (Å²) in [6.07, 6.45) is 2.69. The number of anilines is 2. The molecule has 1 aromatic heterocycles. The number of nitrogens with one attached hydrogen (secondary N) is 3. The van der Waals surface area contributed by atoms with Gasteiger partial charge in [0.15, 0.2) is 10.8 Å². The van der Waals surface area contributed by atoms with Gasteiger partial charge in [-0.15, -0.1) is 0 Å². The molecule has 0 aromatic carbocycles. The fraction of sp³-hybridized carbons (Fsp3) is 0.722. The fourth-order valence-corrected chi connectivity index (χ4v) is 3.64. The van der Waals surface area contributed by atoms with Gasteiger partial charge in [0.25, 0.3) is 5.56 Å². The minimum atomic E-state index is -0.515. The molecule has 10 heteroatoms. The van der Waals surface area contributed by atoms with E-state index in [1.54, 1.807) is 4.90 Å². The lowest BCUT2D eigenvalue weighted by Gasteiger charge is -2.26. The summed E-state index contributed by atoms with van der Waals surface area (Å²) in [4.78, 5) is 30.1. The molecule has 0 atom stereocenters. The first kappa shape index (κ1) is 22.4. The highest BCUT2D eigenvalue weighted by molar-refractivity contribution is 7.80. The quantitative estimate of drug-likeness (QED) is 0.301. The van der Waals surface area contributed by atoms with E-state index in [9.17, 15) is 9.59 Å². The second-order valence-electron chi connectivity index (χ2n) is 6.94. The van der Waals surface area contributed by atoms with E-state index in [1.165, 1.54) is 9.47 Å². The molecule has 9 nitrogen and oxygen atoms in total. The molecule has 0 spiro atoms. The van der Waals surface area contributed by atoms with Gasteiger partial charge in [0.1, 0.15) is 18.9 Å². The highest BCUT2D eigenvalue weighted by Crippen LogP contribution is 2.17. The predicted molar refractivity (Wildman–Crippen MR) is 115 cm³/mol. The number of unbranched alkanes of at least 4 members (excludes halogenated alkanes) is 1. The molecule has 0 unspecified atom stereocenters. The van der Waals surface area contributed by atoms with E-state index in [0.29, 0.717) is 24.7 Å². The zero-order chi connectivity index (χ0) is 20.5. The molecule has 1 aliphatic heterocycles. The maximum absolute atomic E-state index is 12.4. The average molecular weight is 414 g/mol. The van der Waals surface area contributed by atoms with Crippen molar-refractivity contribution in [2.75, 3.05) is 56.6 Å². The van der Waals surface area contributed by atoms with Crippen LogP contribution in [0.2, 0.25) is 0 Å².